The van der Waals surface area contributed by atoms with Gasteiger partial charge in [-0.1, -0.05) is 42.5 Å². The lowest BCUT2D eigenvalue weighted by Crippen LogP contribution is -2.09. The summed E-state index contributed by atoms with van der Waals surface area (Å²) < 4.78 is 58.8. The second kappa shape index (κ2) is 8.11. The third-order valence-electron chi connectivity index (χ3n) is 5.32. The number of carbonyl (C=O) groups is 1. The van der Waals surface area contributed by atoms with Crippen molar-refractivity contribution in [2.75, 3.05) is 5.73 Å². The SMILES string of the molecule is Cc1ccc(C(=O)c2ccc(S(=O)(=O)c3ccc4ccccc4c3)c(N)c2)cc1S(=O)(=O)O. The largest absolute Gasteiger partial charge is 0.398 e. The quantitative estimate of drug-likeness (QED) is 0.250. The van der Waals surface area contributed by atoms with Crippen molar-refractivity contribution in [2.24, 2.45) is 0 Å². The molecule has 3 N–H and O–H groups in total. The van der Waals surface area contributed by atoms with Crippen LogP contribution in [0.4, 0.5) is 5.69 Å². The van der Waals surface area contributed by atoms with Gasteiger partial charge in [0.25, 0.3) is 10.1 Å². The van der Waals surface area contributed by atoms with Gasteiger partial charge in [0, 0.05) is 11.1 Å². The molecular formula is C24H19NO6S2. The molecule has 0 fully saturated rings. The van der Waals surface area contributed by atoms with E-state index in [1.54, 1.807) is 12.1 Å². The van der Waals surface area contributed by atoms with Crippen molar-refractivity contribution in [1.82, 2.24) is 0 Å². The summed E-state index contributed by atoms with van der Waals surface area (Å²) in [6.45, 7) is 1.49. The molecule has 33 heavy (non-hydrogen) atoms. The predicted octanol–water partition coefficient (Wildman–Crippen LogP) is 4.04. The van der Waals surface area contributed by atoms with E-state index in [-0.39, 0.29) is 37.1 Å². The van der Waals surface area contributed by atoms with Crippen LogP contribution in [0.15, 0.2) is 93.5 Å². The molecule has 0 atom stereocenters. The number of fused-ring (bicyclic) bond motifs is 1. The Morgan fingerprint density at radius 3 is 2.06 bits per heavy atom. The van der Waals surface area contributed by atoms with E-state index in [1.165, 1.54) is 43.3 Å². The van der Waals surface area contributed by atoms with Crippen molar-refractivity contribution in [3.05, 3.63) is 95.6 Å². The summed E-state index contributed by atoms with van der Waals surface area (Å²) in [4.78, 5) is 12.4. The summed E-state index contributed by atoms with van der Waals surface area (Å²) in [5, 5.41) is 1.66. The Kier molecular flexibility index (Phi) is 5.57. The molecule has 0 aliphatic carbocycles. The van der Waals surface area contributed by atoms with E-state index in [1.807, 2.05) is 24.3 Å². The van der Waals surface area contributed by atoms with Crippen LogP contribution >= 0.6 is 0 Å². The monoisotopic (exact) mass is 481 g/mol. The highest BCUT2D eigenvalue weighted by molar-refractivity contribution is 7.91. The molecule has 0 spiro atoms. The summed E-state index contributed by atoms with van der Waals surface area (Å²) in [6, 6.07) is 19.8. The highest BCUT2D eigenvalue weighted by atomic mass is 32.2. The average molecular weight is 482 g/mol. The standard InChI is InChI=1S/C24H19NO6S2/c1-15-6-7-19(14-23(15)33(29,30)31)24(26)18-9-11-22(21(25)13-18)32(27,28)20-10-8-16-4-2-3-5-17(16)12-20/h2-14H,25H2,1H3,(H,29,30,31). The first-order valence-electron chi connectivity index (χ1n) is 9.75. The van der Waals surface area contributed by atoms with Crippen LogP contribution in [0.1, 0.15) is 21.5 Å². The van der Waals surface area contributed by atoms with Crippen LogP contribution in [-0.2, 0) is 20.0 Å². The molecule has 0 unspecified atom stereocenters. The number of nitrogen functional groups attached to an aromatic ring is 1. The molecule has 0 radical (unpaired) electrons. The fourth-order valence-electron chi connectivity index (χ4n) is 3.58. The molecule has 0 heterocycles. The van der Waals surface area contributed by atoms with Crippen LogP contribution in [0.2, 0.25) is 0 Å². The summed E-state index contributed by atoms with van der Waals surface area (Å²) >= 11 is 0. The minimum atomic E-state index is -4.51. The highest BCUT2D eigenvalue weighted by Gasteiger charge is 2.23. The Balaban J connectivity index is 1.73. The van der Waals surface area contributed by atoms with E-state index in [4.69, 9.17) is 5.73 Å². The smallest absolute Gasteiger partial charge is 0.294 e. The topological polar surface area (TPSA) is 132 Å². The number of anilines is 1. The molecule has 4 aromatic rings. The Morgan fingerprint density at radius 2 is 1.39 bits per heavy atom. The number of ketones is 1. The number of aryl methyl sites for hydroxylation is 1. The number of hydrogen-bond donors (Lipinski definition) is 2. The normalized spacial score (nSPS) is 12.1. The molecule has 7 nitrogen and oxygen atoms in total. The summed E-state index contributed by atoms with van der Waals surface area (Å²) in [5.41, 5.74) is 6.29. The van der Waals surface area contributed by atoms with Crippen LogP contribution in [0.5, 0.6) is 0 Å². The van der Waals surface area contributed by atoms with Gasteiger partial charge in [0.15, 0.2) is 5.78 Å². The average Bonchev–Trinajstić information content (AvgIpc) is 2.77. The second-order valence-corrected chi connectivity index (χ2v) is 10.9. The van der Waals surface area contributed by atoms with Crippen molar-refractivity contribution in [1.29, 1.82) is 0 Å². The maximum atomic E-state index is 13.2. The zero-order valence-corrected chi connectivity index (χ0v) is 19.0. The first-order valence-corrected chi connectivity index (χ1v) is 12.7. The van der Waals surface area contributed by atoms with Gasteiger partial charge in [0.1, 0.15) is 0 Å². The molecular weight excluding hydrogens is 462 g/mol. The highest BCUT2D eigenvalue weighted by Crippen LogP contribution is 2.30. The van der Waals surface area contributed by atoms with E-state index in [0.717, 1.165) is 16.8 Å². The minimum absolute atomic E-state index is 0.0118. The lowest BCUT2D eigenvalue weighted by molar-refractivity contribution is 0.103. The van der Waals surface area contributed by atoms with Gasteiger partial charge in [0.2, 0.25) is 9.84 Å². The van der Waals surface area contributed by atoms with Gasteiger partial charge in [-0.05, 0) is 59.7 Å². The van der Waals surface area contributed by atoms with Gasteiger partial charge < -0.3 is 5.73 Å². The van der Waals surface area contributed by atoms with Gasteiger partial charge in [-0.2, -0.15) is 8.42 Å². The number of benzene rings is 4. The predicted molar refractivity (Wildman–Crippen MR) is 125 cm³/mol. The number of nitrogens with two attached hydrogens (primary N) is 1. The summed E-state index contributed by atoms with van der Waals surface area (Å²) in [7, 11) is -8.46. The number of rotatable bonds is 5. The Morgan fingerprint density at radius 1 is 0.758 bits per heavy atom. The number of hydrogen-bond acceptors (Lipinski definition) is 6. The fraction of sp³-hybridized carbons (Fsp3) is 0.0417. The van der Waals surface area contributed by atoms with Crippen LogP contribution < -0.4 is 5.73 Å². The molecule has 0 saturated heterocycles. The van der Waals surface area contributed by atoms with Gasteiger partial charge in [-0.25, -0.2) is 8.42 Å². The van der Waals surface area contributed by atoms with Crippen molar-refractivity contribution in [2.45, 2.75) is 21.6 Å². The van der Waals surface area contributed by atoms with Crippen molar-refractivity contribution in [3.63, 3.8) is 0 Å². The third-order valence-corrected chi connectivity index (χ3v) is 8.14. The molecule has 0 aliphatic heterocycles. The van der Waals surface area contributed by atoms with E-state index >= 15 is 0 Å². The van der Waals surface area contributed by atoms with Crippen LogP contribution in [-0.4, -0.2) is 27.2 Å². The summed E-state index contributed by atoms with van der Waals surface area (Å²) in [6.07, 6.45) is 0. The first kappa shape index (κ1) is 22.7. The van der Waals surface area contributed by atoms with Crippen LogP contribution in [0.3, 0.4) is 0 Å². The molecule has 4 aromatic carbocycles. The second-order valence-electron chi connectivity index (χ2n) is 7.55. The van der Waals surface area contributed by atoms with E-state index in [2.05, 4.69) is 0 Å². The molecule has 0 saturated carbocycles. The zero-order valence-electron chi connectivity index (χ0n) is 17.4. The Bertz CT molecular complexity index is 1640. The third kappa shape index (κ3) is 4.25. The fourth-order valence-corrected chi connectivity index (χ4v) is 5.73. The van der Waals surface area contributed by atoms with Crippen molar-refractivity contribution < 1.29 is 26.2 Å². The molecule has 9 heteroatoms. The van der Waals surface area contributed by atoms with Gasteiger partial charge in [-0.15, -0.1) is 0 Å². The molecule has 0 amide bonds. The van der Waals surface area contributed by atoms with E-state index in [9.17, 15) is 26.2 Å². The first-order chi connectivity index (χ1) is 15.5. The van der Waals surface area contributed by atoms with Gasteiger partial charge in [0.05, 0.1) is 20.4 Å². The van der Waals surface area contributed by atoms with Crippen LogP contribution in [0.25, 0.3) is 10.8 Å². The Hall–Kier alpha value is -3.53. The van der Waals surface area contributed by atoms with Gasteiger partial charge in [-0.3, -0.25) is 9.35 Å². The molecule has 4 rings (SSSR count). The minimum Gasteiger partial charge on any atom is -0.398 e. The lowest BCUT2D eigenvalue weighted by atomic mass is 10.0. The summed E-state index contributed by atoms with van der Waals surface area (Å²) in [5.74, 6) is -0.568. The van der Waals surface area contributed by atoms with E-state index < -0.39 is 25.7 Å². The maximum absolute atomic E-state index is 13.2. The van der Waals surface area contributed by atoms with E-state index in [0.29, 0.717) is 0 Å². The number of sulfone groups is 1. The molecule has 0 bridgehead atoms. The maximum Gasteiger partial charge on any atom is 0.294 e. The van der Waals surface area contributed by atoms with Crippen molar-refractivity contribution >= 4 is 42.2 Å². The van der Waals surface area contributed by atoms with Crippen molar-refractivity contribution in [3.8, 4) is 0 Å². The number of carbonyl (C=O) groups excluding carboxylic acids is 1. The zero-order chi connectivity index (χ0) is 24.0. The molecule has 0 aliphatic rings. The molecule has 168 valence electrons. The Labute approximate surface area is 191 Å². The van der Waals surface area contributed by atoms with Gasteiger partial charge >= 0.3 is 0 Å². The lowest BCUT2D eigenvalue weighted by Gasteiger charge is -2.11. The molecule has 0 aromatic heterocycles. The van der Waals surface area contributed by atoms with Crippen LogP contribution in [0, 0.1) is 6.92 Å².